The van der Waals surface area contributed by atoms with Crippen LogP contribution >= 0.6 is 0 Å². The van der Waals surface area contributed by atoms with Crippen molar-refractivity contribution >= 4 is 5.91 Å². The number of nitrogens with two attached hydrogens (primary N) is 1. The molecule has 1 heterocycles. The highest BCUT2D eigenvalue weighted by molar-refractivity contribution is 5.78. The van der Waals surface area contributed by atoms with Gasteiger partial charge < -0.3 is 15.7 Å². The highest BCUT2D eigenvalue weighted by Crippen LogP contribution is 2.33. The van der Waals surface area contributed by atoms with Gasteiger partial charge in [-0.1, -0.05) is 0 Å². The number of aliphatic hydroxyl groups excluding tert-OH is 1. The summed E-state index contributed by atoms with van der Waals surface area (Å²) in [6.07, 6.45) is 6.64. The molecule has 0 spiro atoms. The molecule has 0 aromatic rings. The summed E-state index contributed by atoms with van der Waals surface area (Å²) in [5, 5.41) is 9.25. The van der Waals surface area contributed by atoms with Crippen LogP contribution in [0.1, 0.15) is 44.9 Å². The Morgan fingerprint density at radius 3 is 2.69 bits per heavy atom. The summed E-state index contributed by atoms with van der Waals surface area (Å²) in [7, 11) is 0. The minimum Gasteiger partial charge on any atom is -0.394 e. The van der Waals surface area contributed by atoms with Crippen molar-refractivity contribution in [1.29, 1.82) is 0 Å². The molecular formula is C12H22N2O2. The molecule has 2 aliphatic rings. The monoisotopic (exact) mass is 226 g/mol. The van der Waals surface area contributed by atoms with Crippen LogP contribution in [0.4, 0.5) is 0 Å². The van der Waals surface area contributed by atoms with Gasteiger partial charge in [-0.25, -0.2) is 0 Å². The Labute approximate surface area is 96.8 Å². The van der Waals surface area contributed by atoms with E-state index in [-0.39, 0.29) is 24.1 Å². The fraction of sp³-hybridized carbons (Fsp3) is 0.917. The van der Waals surface area contributed by atoms with Gasteiger partial charge in [-0.15, -0.1) is 0 Å². The van der Waals surface area contributed by atoms with Crippen LogP contribution in [0.15, 0.2) is 0 Å². The van der Waals surface area contributed by atoms with Gasteiger partial charge >= 0.3 is 0 Å². The molecule has 16 heavy (non-hydrogen) atoms. The third-order valence-electron chi connectivity index (χ3n) is 4.01. The molecule has 2 fully saturated rings. The molecule has 3 N–H and O–H groups in total. The minimum atomic E-state index is -0.242. The number of nitrogens with zero attached hydrogens (tertiary/aromatic N) is 1. The quantitative estimate of drug-likeness (QED) is 0.742. The summed E-state index contributed by atoms with van der Waals surface area (Å²) < 4.78 is 0. The maximum absolute atomic E-state index is 12.1. The molecule has 0 aromatic heterocycles. The van der Waals surface area contributed by atoms with Gasteiger partial charge in [0.05, 0.1) is 12.6 Å². The van der Waals surface area contributed by atoms with Gasteiger partial charge in [0.2, 0.25) is 5.91 Å². The van der Waals surface area contributed by atoms with E-state index in [1.807, 2.05) is 4.90 Å². The average Bonchev–Trinajstić information content (AvgIpc) is 2.26. The lowest BCUT2D eigenvalue weighted by atomic mass is 9.75. The first-order valence-corrected chi connectivity index (χ1v) is 6.34. The zero-order chi connectivity index (χ0) is 11.6. The first kappa shape index (κ1) is 11.9. The van der Waals surface area contributed by atoms with Crippen molar-refractivity contribution in [3.8, 4) is 0 Å². The smallest absolute Gasteiger partial charge is 0.224 e. The van der Waals surface area contributed by atoms with Gasteiger partial charge in [-0.05, 0) is 38.5 Å². The van der Waals surface area contributed by atoms with Crippen LogP contribution in [0.5, 0.6) is 0 Å². The molecule has 0 bridgehead atoms. The van der Waals surface area contributed by atoms with Crippen molar-refractivity contribution in [3.63, 3.8) is 0 Å². The van der Waals surface area contributed by atoms with E-state index in [1.54, 1.807) is 0 Å². The second kappa shape index (κ2) is 4.72. The van der Waals surface area contributed by atoms with Crippen LogP contribution in [-0.2, 0) is 4.79 Å². The fourth-order valence-electron chi connectivity index (χ4n) is 2.73. The Hall–Kier alpha value is -0.610. The number of aliphatic hydroxyl groups is 1. The van der Waals surface area contributed by atoms with Gasteiger partial charge in [0.15, 0.2) is 0 Å². The van der Waals surface area contributed by atoms with Crippen molar-refractivity contribution in [2.24, 2.45) is 5.73 Å². The number of carbonyl (C=O) groups is 1. The fourth-order valence-corrected chi connectivity index (χ4v) is 2.73. The zero-order valence-electron chi connectivity index (χ0n) is 9.82. The molecule has 1 amide bonds. The Bertz CT molecular complexity index is 264. The van der Waals surface area contributed by atoms with Gasteiger partial charge in [0.1, 0.15) is 0 Å². The topological polar surface area (TPSA) is 66.6 Å². The van der Waals surface area contributed by atoms with Crippen molar-refractivity contribution in [1.82, 2.24) is 4.90 Å². The molecule has 92 valence electrons. The zero-order valence-corrected chi connectivity index (χ0v) is 9.82. The van der Waals surface area contributed by atoms with Crippen molar-refractivity contribution in [2.45, 2.75) is 56.5 Å². The maximum atomic E-state index is 12.1. The second-order valence-corrected chi connectivity index (χ2v) is 5.31. The predicted octanol–water partition coefficient (Wildman–Crippen LogP) is 0.631. The molecule has 1 saturated heterocycles. The van der Waals surface area contributed by atoms with Crippen molar-refractivity contribution < 1.29 is 9.90 Å². The molecular weight excluding hydrogens is 204 g/mol. The molecule has 1 aliphatic carbocycles. The van der Waals surface area contributed by atoms with Crippen molar-refractivity contribution in [3.05, 3.63) is 0 Å². The second-order valence-electron chi connectivity index (χ2n) is 5.31. The number of amides is 1. The van der Waals surface area contributed by atoms with E-state index in [0.717, 1.165) is 45.1 Å². The van der Waals surface area contributed by atoms with Crippen LogP contribution in [0.25, 0.3) is 0 Å². The number of hydrogen-bond donors (Lipinski definition) is 2. The van der Waals surface area contributed by atoms with E-state index in [4.69, 9.17) is 5.73 Å². The first-order chi connectivity index (χ1) is 7.64. The average molecular weight is 226 g/mol. The lowest BCUT2D eigenvalue weighted by Gasteiger charge is -2.41. The normalized spacial score (nSPS) is 28.6. The van der Waals surface area contributed by atoms with E-state index in [9.17, 15) is 9.90 Å². The molecule has 1 saturated carbocycles. The Morgan fingerprint density at radius 1 is 1.38 bits per heavy atom. The predicted molar refractivity (Wildman–Crippen MR) is 61.8 cm³/mol. The molecule has 2 rings (SSSR count). The highest BCUT2D eigenvalue weighted by Gasteiger charge is 2.37. The number of carbonyl (C=O) groups excluding carboxylic acids is 1. The molecule has 4 nitrogen and oxygen atoms in total. The third-order valence-corrected chi connectivity index (χ3v) is 4.01. The minimum absolute atomic E-state index is 0.0323. The van der Waals surface area contributed by atoms with E-state index >= 15 is 0 Å². The van der Waals surface area contributed by atoms with Gasteiger partial charge in [0, 0.05) is 18.5 Å². The van der Waals surface area contributed by atoms with Gasteiger partial charge in [-0.2, -0.15) is 0 Å². The van der Waals surface area contributed by atoms with Crippen molar-refractivity contribution in [2.75, 3.05) is 13.2 Å². The van der Waals surface area contributed by atoms with Gasteiger partial charge in [0.25, 0.3) is 0 Å². The highest BCUT2D eigenvalue weighted by atomic mass is 16.3. The lowest BCUT2D eigenvalue weighted by Crippen LogP contribution is -2.53. The Kier molecular flexibility index (Phi) is 3.50. The maximum Gasteiger partial charge on any atom is 0.224 e. The molecule has 1 aliphatic heterocycles. The molecule has 0 aromatic carbocycles. The number of hydrogen-bond acceptors (Lipinski definition) is 3. The third kappa shape index (κ3) is 2.38. The summed E-state index contributed by atoms with van der Waals surface area (Å²) in [4.78, 5) is 14.0. The summed E-state index contributed by atoms with van der Waals surface area (Å²) >= 11 is 0. The van der Waals surface area contributed by atoms with Crippen LogP contribution in [-0.4, -0.2) is 40.6 Å². The number of piperidine rings is 1. The molecule has 4 heteroatoms. The van der Waals surface area contributed by atoms with Gasteiger partial charge in [-0.3, -0.25) is 4.79 Å². The van der Waals surface area contributed by atoms with E-state index in [1.165, 1.54) is 0 Å². The summed E-state index contributed by atoms with van der Waals surface area (Å²) in [6, 6.07) is 0.0323. The van der Waals surface area contributed by atoms with E-state index in [0.29, 0.717) is 6.42 Å². The number of rotatable bonds is 3. The molecule has 0 radical (unpaired) electrons. The molecule has 1 unspecified atom stereocenters. The first-order valence-electron chi connectivity index (χ1n) is 6.34. The van der Waals surface area contributed by atoms with E-state index in [2.05, 4.69) is 0 Å². The summed E-state index contributed by atoms with van der Waals surface area (Å²) in [5.41, 5.74) is 5.85. The van der Waals surface area contributed by atoms with Crippen LogP contribution in [0.2, 0.25) is 0 Å². The van der Waals surface area contributed by atoms with Crippen LogP contribution < -0.4 is 5.73 Å². The summed E-state index contributed by atoms with van der Waals surface area (Å²) in [5.74, 6) is 0.140. The largest absolute Gasteiger partial charge is 0.394 e. The number of likely N-dealkylation sites (tertiary alicyclic amines) is 1. The molecule has 1 atom stereocenters. The standard InChI is InChI=1S/C12H22N2O2/c13-12(5-3-6-12)8-11(16)14-7-2-1-4-10(14)9-15/h10,15H,1-9,13H2. The summed E-state index contributed by atoms with van der Waals surface area (Å²) in [6.45, 7) is 0.878. The lowest BCUT2D eigenvalue weighted by molar-refractivity contribution is -0.138. The van der Waals surface area contributed by atoms with Crippen LogP contribution in [0.3, 0.4) is 0 Å². The van der Waals surface area contributed by atoms with Crippen LogP contribution in [0, 0.1) is 0 Å². The SMILES string of the molecule is NC1(CC(=O)N2CCCCC2CO)CCC1. The Morgan fingerprint density at radius 2 is 2.12 bits per heavy atom. The van der Waals surface area contributed by atoms with E-state index < -0.39 is 0 Å². The Balaban J connectivity index is 1.91.